The van der Waals surface area contributed by atoms with Crippen LogP contribution in [0, 0.1) is 3.57 Å². The Morgan fingerprint density at radius 3 is 2.81 bits per heavy atom. The highest BCUT2D eigenvalue weighted by molar-refractivity contribution is 14.1. The van der Waals surface area contributed by atoms with Crippen LogP contribution in [0.3, 0.4) is 0 Å². The van der Waals surface area contributed by atoms with Gasteiger partial charge in [-0.2, -0.15) is 0 Å². The first-order chi connectivity index (χ1) is 9.90. The number of fused-ring (bicyclic) bond motifs is 1. The lowest BCUT2D eigenvalue weighted by Gasteiger charge is -2.19. The van der Waals surface area contributed by atoms with Gasteiger partial charge < -0.3 is 10.4 Å². The van der Waals surface area contributed by atoms with E-state index >= 15 is 0 Å². The topological polar surface area (TPSA) is 66.4 Å². The molecule has 2 heterocycles. The Morgan fingerprint density at radius 2 is 2.14 bits per heavy atom. The normalized spacial score (nSPS) is 20.2. The van der Waals surface area contributed by atoms with Crippen molar-refractivity contribution in [3.8, 4) is 0 Å². The first-order valence-corrected chi connectivity index (χ1v) is 8.30. The van der Waals surface area contributed by atoms with E-state index in [2.05, 4.69) is 27.9 Å². The van der Waals surface area contributed by atoms with Crippen molar-refractivity contribution in [2.24, 2.45) is 0 Å². The van der Waals surface area contributed by atoms with E-state index in [9.17, 15) is 14.7 Å². The lowest BCUT2D eigenvalue weighted by atomic mass is 9.89. The molecule has 7 heteroatoms. The third kappa shape index (κ3) is 2.61. The molecule has 4 nitrogen and oxygen atoms in total. The van der Waals surface area contributed by atoms with Crippen LogP contribution in [0.2, 0.25) is 4.34 Å². The number of carbonyl (C=O) groups is 2. The number of halogens is 2. The second-order valence-electron chi connectivity index (χ2n) is 4.71. The minimum Gasteiger partial charge on any atom is -0.375 e. The average Bonchev–Trinajstić information content (AvgIpc) is 2.95. The fraction of sp³-hybridized carbons (Fsp3) is 0.143. The molecule has 0 saturated heterocycles. The van der Waals surface area contributed by atoms with Gasteiger partial charge in [-0.3, -0.25) is 9.59 Å². The number of rotatable bonds is 3. The minimum atomic E-state index is -1.83. The molecule has 0 aliphatic carbocycles. The van der Waals surface area contributed by atoms with Crippen LogP contribution in [0.15, 0.2) is 30.3 Å². The molecule has 1 aromatic heterocycles. The smallest absolute Gasteiger partial charge is 0.261 e. The summed E-state index contributed by atoms with van der Waals surface area (Å²) in [6.45, 7) is 0. The van der Waals surface area contributed by atoms with Crippen molar-refractivity contribution in [1.29, 1.82) is 0 Å². The highest BCUT2D eigenvalue weighted by atomic mass is 127. The van der Waals surface area contributed by atoms with Gasteiger partial charge in [0.25, 0.3) is 5.91 Å². The molecule has 21 heavy (non-hydrogen) atoms. The Morgan fingerprint density at radius 1 is 1.38 bits per heavy atom. The first-order valence-electron chi connectivity index (χ1n) is 6.02. The Labute approximate surface area is 143 Å². The Kier molecular flexibility index (Phi) is 3.81. The highest BCUT2D eigenvalue weighted by Crippen LogP contribution is 2.40. The number of amides is 1. The minimum absolute atomic E-state index is 0.303. The van der Waals surface area contributed by atoms with E-state index in [1.165, 1.54) is 0 Å². The van der Waals surface area contributed by atoms with Crippen LogP contribution in [0.1, 0.15) is 21.7 Å². The molecule has 0 saturated carbocycles. The van der Waals surface area contributed by atoms with Gasteiger partial charge in [-0.1, -0.05) is 11.6 Å². The van der Waals surface area contributed by atoms with Crippen LogP contribution < -0.4 is 5.32 Å². The van der Waals surface area contributed by atoms with Crippen molar-refractivity contribution in [2.45, 2.75) is 12.0 Å². The maximum absolute atomic E-state index is 12.3. The van der Waals surface area contributed by atoms with Gasteiger partial charge in [0.05, 0.1) is 15.6 Å². The van der Waals surface area contributed by atoms with Gasteiger partial charge in [0.1, 0.15) is 0 Å². The van der Waals surface area contributed by atoms with Gasteiger partial charge in [0.15, 0.2) is 11.4 Å². The summed E-state index contributed by atoms with van der Waals surface area (Å²) in [5.41, 5.74) is -0.848. The fourth-order valence-corrected chi connectivity index (χ4v) is 3.75. The van der Waals surface area contributed by atoms with Crippen LogP contribution in [0.4, 0.5) is 5.69 Å². The number of benzene rings is 1. The highest BCUT2D eigenvalue weighted by Gasteiger charge is 2.47. The molecule has 0 spiro atoms. The molecule has 1 aliphatic heterocycles. The number of aliphatic hydroxyl groups is 1. The van der Waals surface area contributed by atoms with Crippen LogP contribution >= 0.6 is 45.5 Å². The van der Waals surface area contributed by atoms with Gasteiger partial charge in [-0.05, 0) is 52.9 Å². The molecule has 0 radical (unpaired) electrons. The maximum atomic E-state index is 12.3. The van der Waals surface area contributed by atoms with Crippen molar-refractivity contribution in [2.75, 3.05) is 5.32 Å². The molecule has 2 N–H and O–H groups in total. The number of hydrogen-bond acceptors (Lipinski definition) is 4. The van der Waals surface area contributed by atoms with Gasteiger partial charge >= 0.3 is 0 Å². The summed E-state index contributed by atoms with van der Waals surface area (Å²) in [7, 11) is 0. The van der Waals surface area contributed by atoms with Crippen molar-refractivity contribution in [1.82, 2.24) is 0 Å². The molecule has 1 amide bonds. The van der Waals surface area contributed by atoms with E-state index < -0.39 is 11.5 Å². The summed E-state index contributed by atoms with van der Waals surface area (Å²) in [6, 6.07) is 8.48. The lowest BCUT2D eigenvalue weighted by Crippen LogP contribution is -2.36. The van der Waals surface area contributed by atoms with E-state index in [1.54, 1.807) is 24.3 Å². The molecule has 3 rings (SSSR count). The van der Waals surface area contributed by atoms with Gasteiger partial charge in [0, 0.05) is 14.8 Å². The predicted octanol–water partition coefficient (Wildman–Crippen LogP) is 3.42. The summed E-state index contributed by atoms with van der Waals surface area (Å²) < 4.78 is 1.38. The number of carbonyl (C=O) groups excluding carboxylic acids is 2. The maximum Gasteiger partial charge on any atom is 0.261 e. The zero-order valence-electron chi connectivity index (χ0n) is 10.5. The molecule has 0 unspecified atom stereocenters. The summed E-state index contributed by atoms with van der Waals surface area (Å²) >= 11 is 9.04. The number of anilines is 1. The number of hydrogen-bond donors (Lipinski definition) is 2. The van der Waals surface area contributed by atoms with Gasteiger partial charge in [0.2, 0.25) is 0 Å². The van der Waals surface area contributed by atoms with E-state index in [0.29, 0.717) is 20.5 Å². The third-order valence-corrected chi connectivity index (χ3v) is 5.26. The lowest BCUT2D eigenvalue weighted by molar-refractivity contribution is -0.133. The van der Waals surface area contributed by atoms with Crippen molar-refractivity contribution in [3.05, 3.63) is 48.7 Å². The molecule has 2 aromatic rings. The monoisotopic (exact) mass is 433 g/mol. The van der Waals surface area contributed by atoms with Gasteiger partial charge in [-0.25, -0.2) is 0 Å². The van der Waals surface area contributed by atoms with Crippen molar-refractivity contribution in [3.63, 3.8) is 0 Å². The SMILES string of the molecule is O=C(C[C@]1(O)C(=O)Nc2ccc(I)cc21)c1ccc(Cl)s1. The quantitative estimate of drug-likeness (QED) is 0.576. The number of thiophene rings is 1. The molecule has 1 aliphatic rings. The zero-order valence-corrected chi connectivity index (χ0v) is 14.3. The second kappa shape index (κ2) is 5.35. The molecule has 108 valence electrons. The molecule has 1 atom stereocenters. The van der Waals surface area contributed by atoms with Gasteiger partial charge in [-0.15, -0.1) is 11.3 Å². The van der Waals surface area contributed by atoms with Crippen molar-refractivity contribution < 1.29 is 14.7 Å². The summed E-state index contributed by atoms with van der Waals surface area (Å²) in [4.78, 5) is 24.8. The predicted molar refractivity (Wildman–Crippen MR) is 90.0 cm³/mol. The standard InChI is InChI=1S/C14H9ClINO3S/c15-12-4-3-11(21-12)10(18)6-14(20)8-5-7(16)1-2-9(8)17-13(14)19/h1-5,20H,6H2,(H,17,19)/t14-/m1/s1. The van der Waals surface area contributed by atoms with E-state index in [1.807, 2.05) is 6.07 Å². The number of ketones is 1. The van der Waals surface area contributed by atoms with Crippen LogP contribution in [0.5, 0.6) is 0 Å². The second-order valence-corrected chi connectivity index (χ2v) is 7.67. The van der Waals surface area contributed by atoms with Crippen molar-refractivity contribution >= 4 is 62.9 Å². The fourth-order valence-electron chi connectivity index (χ4n) is 2.27. The summed E-state index contributed by atoms with van der Waals surface area (Å²) in [5, 5.41) is 13.3. The summed E-state index contributed by atoms with van der Waals surface area (Å²) in [5.74, 6) is -0.883. The first kappa shape index (κ1) is 15.0. The van der Waals surface area contributed by atoms with Crippen LogP contribution in [-0.2, 0) is 10.4 Å². The molecular weight excluding hydrogens is 425 g/mol. The third-order valence-electron chi connectivity index (χ3n) is 3.32. The van der Waals surface area contributed by atoms with E-state index in [4.69, 9.17) is 11.6 Å². The summed E-state index contributed by atoms with van der Waals surface area (Å²) in [6.07, 6.45) is -0.303. The van der Waals surface area contributed by atoms with E-state index in [-0.39, 0.29) is 12.2 Å². The Hall–Kier alpha value is -0.960. The Balaban J connectivity index is 1.96. The molecule has 0 fully saturated rings. The number of nitrogens with one attached hydrogen (secondary N) is 1. The van der Waals surface area contributed by atoms with Crippen LogP contribution in [0.25, 0.3) is 0 Å². The zero-order chi connectivity index (χ0) is 15.2. The molecule has 1 aromatic carbocycles. The largest absolute Gasteiger partial charge is 0.375 e. The number of Topliss-reactive ketones (excluding diaryl/α,β-unsaturated/α-hetero) is 1. The van der Waals surface area contributed by atoms with Crippen LogP contribution in [-0.4, -0.2) is 16.8 Å². The molecular formula is C14H9ClINO3S. The Bertz CT molecular complexity index is 760. The van der Waals surface area contributed by atoms with E-state index in [0.717, 1.165) is 14.9 Å². The molecule has 0 bridgehead atoms. The average molecular weight is 434 g/mol.